The zero-order chi connectivity index (χ0) is 13.0. The molecule has 1 heterocycles. The van der Waals surface area contributed by atoms with Crippen LogP contribution in [-0.2, 0) is 11.2 Å². The maximum absolute atomic E-state index is 11.7. The Morgan fingerprint density at radius 3 is 3.00 bits per heavy atom. The van der Waals surface area contributed by atoms with Crippen molar-refractivity contribution in [1.29, 1.82) is 0 Å². The van der Waals surface area contributed by atoms with E-state index in [9.17, 15) is 4.79 Å². The van der Waals surface area contributed by atoms with Crippen LogP contribution in [0.2, 0.25) is 0 Å². The second-order valence-electron chi connectivity index (χ2n) is 4.46. The highest BCUT2D eigenvalue weighted by molar-refractivity contribution is 5.86. The summed E-state index contributed by atoms with van der Waals surface area (Å²) in [5.41, 5.74) is 8.08. The van der Waals surface area contributed by atoms with E-state index < -0.39 is 6.04 Å². The minimum Gasteiger partial charge on any atom is -0.361 e. The Labute approximate surface area is 107 Å². The smallest absolute Gasteiger partial charge is 0.237 e. The summed E-state index contributed by atoms with van der Waals surface area (Å²) >= 11 is 0. The van der Waals surface area contributed by atoms with Gasteiger partial charge < -0.3 is 16.0 Å². The van der Waals surface area contributed by atoms with E-state index >= 15 is 0 Å². The number of carbonyl (C=O) groups excluding carboxylic acids is 1. The summed E-state index contributed by atoms with van der Waals surface area (Å²) in [5.74, 6) is -0.0814. The van der Waals surface area contributed by atoms with Crippen molar-refractivity contribution in [2.24, 2.45) is 5.73 Å². The molecule has 4 N–H and O–H groups in total. The predicted molar refractivity (Wildman–Crippen MR) is 73.3 cm³/mol. The van der Waals surface area contributed by atoms with Crippen LogP contribution < -0.4 is 11.1 Å². The average Bonchev–Trinajstić information content (AvgIpc) is 2.79. The van der Waals surface area contributed by atoms with E-state index in [4.69, 9.17) is 5.73 Å². The molecule has 0 fully saturated rings. The minimum atomic E-state index is -0.490. The van der Waals surface area contributed by atoms with Gasteiger partial charge in [0.2, 0.25) is 5.91 Å². The number of amides is 1. The van der Waals surface area contributed by atoms with Gasteiger partial charge in [-0.15, -0.1) is 0 Å². The molecule has 0 aliphatic carbocycles. The van der Waals surface area contributed by atoms with Gasteiger partial charge in [-0.2, -0.15) is 0 Å². The first-order chi connectivity index (χ1) is 8.72. The highest BCUT2D eigenvalue weighted by Crippen LogP contribution is 2.18. The molecule has 0 radical (unpaired) electrons. The van der Waals surface area contributed by atoms with Crippen molar-refractivity contribution in [3.8, 4) is 0 Å². The fraction of sp³-hybridized carbons (Fsp3) is 0.357. The molecular weight excluding hydrogens is 226 g/mol. The Morgan fingerprint density at radius 2 is 2.22 bits per heavy atom. The number of para-hydroxylation sites is 1. The van der Waals surface area contributed by atoms with E-state index in [0.29, 0.717) is 13.0 Å². The van der Waals surface area contributed by atoms with Gasteiger partial charge in [0.15, 0.2) is 0 Å². The maximum Gasteiger partial charge on any atom is 0.237 e. The first-order valence-electron chi connectivity index (χ1n) is 6.30. The summed E-state index contributed by atoms with van der Waals surface area (Å²) in [6.45, 7) is 2.70. The van der Waals surface area contributed by atoms with Gasteiger partial charge in [0, 0.05) is 23.6 Å². The summed E-state index contributed by atoms with van der Waals surface area (Å²) in [7, 11) is 0. The second kappa shape index (κ2) is 5.69. The number of nitrogens with two attached hydrogens (primary N) is 1. The summed E-state index contributed by atoms with van der Waals surface area (Å²) < 4.78 is 0. The van der Waals surface area contributed by atoms with Crippen LogP contribution in [0.5, 0.6) is 0 Å². The van der Waals surface area contributed by atoms with Gasteiger partial charge in [0.05, 0.1) is 6.04 Å². The summed E-state index contributed by atoms with van der Waals surface area (Å²) in [6.07, 6.45) is 3.41. The number of rotatable bonds is 5. The second-order valence-corrected chi connectivity index (χ2v) is 4.46. The number of hydrogen-bond acceptors (Lipinski definition) is 2. The normalized spacial score (nSPS) is 12.6. The molecule has 0 aliphatic heterocycles. The monoisotopic (exact) mass is 245 g/mol. The van der Waals surface area contributed by atoms with Crippen molar-refractivity contribution in [3.63, 3.8) is 0 Å². The van der Waals surface area contributed by atoms with Crippen LogP contribution in [0.25, 0.3) is 10.9 Å². The molecule has 1 atom stereocenters. The molecule has 0 saturated carbocycles. The molecule has 18 heavy (non-hydrogen) atoms. The lowest BCUT2D eigenvalue weighted by Crippen LogP contribution is -2.42. The summed E-state index contributed by atoms with van der Waals surface area (Å²) in [4.78, 5) is 14.9. The van der Waals surface area contributed by atoms with E-state index in [2.05, 4.69) is 10.3 Å². The number of aromatic amines is 1. The van der Waals surface area contributed by atoms with Crippen molar-refractivity contribution < 1.29 is 4.79 Å². The lowest BCUT2D eigenvalue weighted by atomic mass is 10.1. The van der Waals surface area contributed by atoms with Gasteiger partial charge >= 0.3 is 0 Å². The fourth-order valence-electron chi connectivity index (χ4n) is 2.01. The molecule has 1 unspecified atom stereocenters. The molecule has 2 aromatic rings. The van der Waals surface area contributed by atoms with Crippen LogP contribution in [0.3, 0.4) is 0 Å². The Morgan fingerprint density at radius 1 is 1.44 bits per heavy atom. The third kappa shape index (κ3) is 2.71. The topological polar surface area (TPSA) is 70.9 Å². The highest BCUT2D eigenvalue weighted by atomic mass is 16.2. The van der Waals surface area contributed by atoms with Gasteiger partial charge in [-0.05, 0) is 24.5 Å². The molecule has 0 bridgehead atoms. The van der Waals surface area contributed by atoms with Crippen molar-refractivity contribution in [2.75, 3.05) is 6.54 Å². The van der Waals surface area contributed by atoms with E-state index in [1.165, 1.54) is 0 Å². The largest absolute Gasteiger partial charge is 0.361 e. The van der Waals surface area contributed by atoms with Crippen LogP contribution in [0.4, 0.5) is 0 Å². The molecule has 0 aliphatic rings. The SMILES string of the molecule is CCCNC(=O)C(N)Cc1c[nH]c2ccccc12. The molecule has 2 rings (SSSR count). The van der Waals surface area contributed by atoms with E-state index in [0.717, 1.165) is 22.9 Å². The molecule has 4 nitrogen and oxygen atoms in total. The number of H-pyrrole nitrogens is 1. The Balaban J connectivity index is 2.07. The number of fused-ring (bicyclic) bond motifs is 1. The molecule has 0 spiro atoms. The molecule has 1 amide bonds. The first kappa shape index (κ1) is 12.6. The first-order valence-corrected chi connectivity index (χ1v) is 6.30. The Bertz CT molecular complexity index is 533. The fourth-order valence-corrected chi connectivity index (χ4v) is 2.01. The third-order valence-corrected chi connectivity index (χ3v) is 3.00. The average molecular weight is 245 g/mol. The third-order valence-electron chi connectivity index (χ3n) is 3.00. The maximum atomic E-state index is 11.7. The standard InChI is InChI=1S/C14H19N3O/c1-2-7-16-14(18)12(15)8-10-9-17-13-6-4-3-5-11(10)13/h3-6,9,12,17H,2,7-8,15H2,1H3,(H,16,18). The highest BCUT2D eigenvalue weighted by Gasteiger charge is 2.15. The van der Waals surface area contributed by atoms with Gasteiger partial charge in [0.1, 0.15) is 0 Å². The minimum absolute atomic E-state index is 0.0814. The number of carbonyl (C=O) groups is 1. The van der Waals surface area contributed by atoms with Gasteiger partial charge in [-0.3, -0.25) is 4.79 Å². The number of nitrogens with one attached hydrogen (secondary N) is 2. The lowest BCUT2D eigenvalue weighted by molar-refractivity contribution is -0.122. The van der Waals surface area contributed by atoms with E-state index in [1.807, 2.05) is 37.4 Å². The van der Waals surface area contributed by atoms with Crippen LogP contribution in [0, 0.1) is 0 Å². The number of benzene rings is 1. The molecule has 1 aromatic heterocycles. The van der Waals surface area contributed by atoms with Crippen LogP contribution in [0.1, 0.15) is 18.9 Å². The molecular formula is C14H19N3O. The van der Waals surface area contributed by atoms with Gasteiger partial charge in [0.25, 0.3) is 0 Å². The van der Waals surface area contributed by atoms with E-state index in [-0.39, 0.29) is 5.91 Å². The number of aromatic nitrogens is 1. The van der Waals surface area contributed by atoms with Gasteiger partial charge in [-0.25, -0.2) is 0 Å². The van der Waals surface area contributed by atoms with Crippen molar-refractivity contribution in [1.82, 2.24) is 10.3 Å². The lowest BCUT2D eigenvalue weighted by Gasteiger charge is -2.11. The zero-order valence-electron chi connectivity index (χ0n) is 10.6. The van der Waals surface area contributed by atoms with Gasteiger partial charge in [-0.1, -0.05) is 25.1 Å². The molecule has 0 saturated heterocycles. The Kier molecular flexibility index (Phi) is 3.99. The molecule has 4 heteroatoms. The van der Waals surface area contributed by atoms with E-state index in [1.54, 1.807) is 0 Å². The number of hydrogen-bond donors (Lipinski definition) is 3. The molecule has 96 valence electrons. The summed E-state index contributed by atoms with van der Waals surface area (Å²) in [6, 6.07) is 7.54. The van der Waals surface area contributed by atoms with Crippen LogP contribution in [-0.4, -0.2) is 23.5 Å². The zero-order valence-corrected chi connectivity index (χ0v) is 10.6. The summed E-state index contributed by atoms with van der Waals surface area (Å²) in [5, 5.41) is 3.95. The molecule has 1 aromatic carbocycles. The quantitative estimate of drug-likeness (QED) is 0.748. The Hall–Kier alpha value is -1.81. The van der Waals surface area contributed by atoms with Crippen LogP contribution in [0.15, 0.2) is 30.5 Å². The predicted octanol–water partition coefficient (Wildman–Crippen LogP) is 1.56. The van der Waals surface area contributed by atoms with Crippen molar-refractivity contribution in [2.45, 2.75) is 25.8 Å². The van der Waals surface area contributed by atoms with Crippen molar-refractivity contribution >= 4 is 16.8 Å². The van der Waals surface area contributed by atoms with Crippen molar-refractivity contribution in [3.05, 3.63) is 36.0 Å². The van der Waals surface area contributed by atoms with Crippen LogP contribution >= 0.6 is 0 Å².